The minimum Gasteiger partial charge on any atom is -0.543 e. The molecule has 1 aliphatic carbocycles. The van der Waals surface area contributed by atoms with Gasteiger partial charge in [-0.2, -0.15) is 0 Å². The van der Waals surface area contributed by atoms with Crippen molar-refractivity contribution in [2.24, 2.45) is 5.92 Å². The second kappa shape index (κ2) is 10.5. The summed E-state index contributed by atoms with van der Waals surface area (Å²) in [5.41, 5.74) is 1.26. The van der Waals surface area contributed by atoms with Crippen molar-refractivity contribution in [3.05, 3.63) is 68.5 Å². The Morgan fingerprint density at radius 1 is 1.09 bits per heavy atom. The molecule has 33 heavy (non-hydrogen) atoms. The van der Waals surface area contributed by atoms with Gasteiger partial charge in [-0.1, -0.05) is 55.8 Å². The third kappa shape index (κ3) is 4.90. The number of ether oxygens (including phenoxy) is 2. The molecule has 2 heterocycles. The molecule has 1 aliphatic heterocycles. The van der Waals surface area contributed by atoms with Crippen LogP contribution in [0.1, 0.15) is 53.7 Å². The summed E-state index contributed by atoms with van der Waals surface area (Å²) in [6.07, 6.45) is 5.87. The van der Waals surface area contributed by atoms with Crippen LogP contribution in [0.4, 0.5) is 0 Å². The first-order valence-electron chi connectivity index (χ1n) is 11.0. The van der Waals surface area contributed by atoms with E-state index in [1.807, 2.05) is 0 Å². The van der Waals surface area contributed by atoms with E-state index in [1.165, 1.54) is 6.42 Å². The van der Waals surface area contributed by atoms with Gasteiger partial charge in [-0.3, -0.25) is 4.79 Å². The molecule has 0 unspecified atom stereocenters. The van der Waals surface area contributed by atoms with Crippen LogP contribution >= 0.6 is 11.6 Å². The van der Waals surface area contributed by atoms with Crippen molar-refractivity contribution < 1.29 is 70.8 Å². The van der Waals surface area contributed by atoms with Gasteiger partial charge in [0.2, 0.25) is 6.79 Å². The average Bonchev–Trinajstić information content (AvgIpc) is 3.24. The molecule has 166 valence electrons. The summed E-state index contributed by atoms with van der Waals surface area (Å²) in [5, 5.41) is 13.3. The molecule has 0 spiro atoms. The molecule has 6 nitrogen and oxygen atoms in total. The molecule has 0 bridgehead atoms. The normalized spacial score (nSPS) is 15.4. The first kappa shape index (κ1) is 24.8. The Morgan fingerprint density at radius 3 is 2.52 bits per heavy atom. The first-order chi connectivity index (χ1) is 15.5. The van der Waals surface area contributed by atoms with Crippen LogP contribution in [0, 0.1) is 5.92 Å². The Labute approximate surface area is 239 Å². The Kier molecular flexibility index (Phi) is 7.88. The average molecular weight is 492 g/mol. The predicted molar refractivity (Wildman–Crippen MR) is 119 cm³/mol. The number of aromatic nitrogens is 1. The van der Waals surface area contributed by atoms with Gasteiger partial charge in [-0.15, -0.1) is 0 Å². The fraction of sp³-hybridized carbons (Fsp3) is 0.360. The molecule has 0 saturated heterocycles. The van der Waals surface area contributed by atoms with E-state index in [0.29, 0.717) is 50.9 Å². The molecule has 0 atom stereocenters. The predicted octanol–water partition coefficient (Wildman–Crippen LogP) is 0.922. The van der Waals surface area contributed by atoms with E-state index in [0.717, 1.165) is 25.7 Å². The smallest absolute Gasteiger partial charge is 0.543 e. The minimum atomic E-state index is -1.35. The third-order valence-corrected chi connectivity index (χ3v) is 6.90. The zero-order valence-corrected chi connectivity index (χ0v) is 22.4. The fourth-order valence-electron chi connectivity index (χ4n) is 4.97. The van der Waals surface area contributed by atoms with Crippen molar-refractivity contribution in [2.45, 2.75) is 45.1 Å². The van der Waals surface area contributed by atoms with E-state index < -0.39 is 5.97 Å². The maximum atomic E-state index is 13.4. The maximum absolute atomic E-state index is 13.4. The van der Waals surface area contributed by atoms with E-state index in [9.17, 15) is 14.7 Å². The van der Waals surface area contributed by atoms with Crippen LogP contribution < -0.4 is 71.4 Å². The molecular formula is C25H23ClKNO5. The monoisotopic (exact) mass is 491 g/mol. The van der Waals surface area contributed by atoms with Crippen molar-refractivity contribution in [1.29, 1.82) is 0 Å². The second-order valence-electron chi connectivity index (χ2n) is 8.55. The largest absolute Gasteiger partial charge is 1.00 e. The van der Waals surface area contributed by atoms with Gasteiger partial charge >= 0.3 is 51.4 Å². The third-order valence-electron chi connectivity index (χ3n) is 6.55. The Bertz CT molecular complexity index is 1270. The van der Waals surface area contributed by atoms with Crippen LogP contribution in [0.25, 0.3) is 10.9 Å². The molecule has 2 aliphatic rings. The molecule has 1 saturated carbocycles. The van der Waals surface area contributed by atoms with Gasteiger partial charge in [-0.05, 0) is 36.1 Å². The van der Waals surface area contributed by atoms with Gasteiger partial charge in [-0.25, -0.2) is 0 Å². The van der Waals surface area contributed by atoms with Crippen molar-refractivity contribution in [1.82, 2.24) is 4.57 Å². The molecule has 3 aromatic rings. The minimum absolute atomic E-state index is 0. The van der Waals surface area contributed by atoms with Crippen LogP contribution in [0.5, 0.6) is 11.5 Å². The number of pyridine rings is 1. The Morgan fingerprint density at radius 2 is 1.79 bits per heavy atom. The summed E-state index contributed by atoms with van der Waals surface area (Å²) in [6, 6.07) is 10.5. The number of benzene rings is 2. The van der Waals surface area contributed by atoms with Gasteiger partial charge in [0.1, 0.15) is 0 Å². The summed E-state index contributed by atoms with van der Waals surface area (Å²) < 4.78 is 12.5. The molecule has 1 aromatic heterocycles. The topological polar surface area (TPSA) is 80.6 Å². The Hall–Kier alpha value is -1.35. The summed E-state index contributed by atoms with van der Waals surface area (Å²) in [5.74, 6) is 0.0719. The summed E-state index contributed by atoms with van der Waals surface area (Å²) >= 11 is 6.49. The number of carboxylic acids is 1. The molecule has 1 fully saturated rings. The van der Waals surface area contributed by atoms with Crippen LogP contribution in [-0.4, -0.2) is 17.3 Å². The number of aromatic carboxylic acids is 1. The van der Waals surface area contributed by atoms with Crippen molar-refractivity contribution in [2.75, 3.05) is 6.79 Å². The molecule has 5 rings (SSSR count). The molecule has 0 amide bonds. The van der Waals surface area contributed by atoms with Crippen LogP contribution in [0.15, 0.2) is 41.2 Å². The molecule has 0 N–H and O–H groups in total. The van der Waals surface area contributed by atoms with E-state index in [-0.39, 0.29) is 75.8 Å². The zero-order chi connectivity index (χ0) is 22.2. The summed E-state index contributed by atoms with van der Waals surface area (Å²) in [7, 11) is 0. The number of halogens is 1. The number of fused-ring (bicyclic) bond motifs is 2. The summed E-state index contributed by atoms with van der Waals surface area (Å²) in [4.78, 5) is 25.8. The number of hydrogen-bond donors (Lipinski definition) is 0. The number of nitrogens with zero attached hydrogens (tertiary/aromatic N) is 1. The second-order valence-corrected chi connectivity index (χ2v) is 8.96. The van der Waals surface area contributed by atoms with Gasteiger partial charge in [0, 0.05) is 28.6 Å². The van der Waals surface area contributed by atoms with Gasteiger partial charge in [0.05, 0.1) is 17.2 Å². The Balaban J connectivity index is 0.00000259. The van der Waals surface area contributed by atoms with Gasteiger partial charge in [0.15, 0.2) is 16.9 Å². The number of carbonyl (C=O) groups is 1. The SMILES string of the molecule is O=C([O-])c1c(CC2CCCCC2)c(=O)c2ccccc2n1Cc1cc2c(cc1Cl)OCO2.[K+]. The van der Waals surface area contributed by atoms with Crippen LogP contribution in [0.3, 0.4) is 0 Å². The number of para-hydroxylation sites is 1. The van der Waals surface area contributed by atoms with Gasteiger partial charge < -0.3 is 23.9 Å². The number of rotatable bonds is 5. The quantitative estimate of drug-likeness (QED) is 0.496. The number of carboxylic acid groups (broad SMARTS) is 1. The zero-order valence-electron chi connectivity index (χ0n) is 18.6. The first-order valence-corrected chi connectivity index (χ1v) is 11.3. The van der Waals surface area contributed by atoms with E-state index in [1.54, 1.807) is 41.0 Å². The molecule has 8 heteroatoms. The van der Waals surface area contributed by atoms with E-state index in [4.69, 9.17) is 21.1 Å². The van der Waals surface area contributed by atoms with Gasteiger partial charge in [0.25, 0.3) is 0 Å². The maximum Gasteiger partial charge on any atom is 1.00 e. The molecule has 2 aromatic carbocycles. The number of carbonyl (C=O) groups excluding carboxylic acids is 1. The van der Waals surface area contributed by atoms with Crippen molar-refractivity contribution in [3.63, 3.8) is 0 Å². The van der Waals surface area contributed by atoms with E-state index >= 15 is 0 Å². The van der Waals surface area contributed by atoms with Crippen molar-refractivity contribution in [3.8, 4) is 11.5 Å². The standard InChI is InChI=1S/C25H24ClNO5.K/c26-19-12-22-21(31-14-32-22)11-16(19)13-27-20-9-5-4-8-17(20)24(28)18(23(27)25(29)30)10-15-6-2-1-3-7-15;/h4-5,8-9,11-12,15H,1-3,6-7,10,13-14H2,(H,29,30);/q;+1/p-1. The number of hydrogen-bond acceptors (Lipinski definition) is 5. The van der Waals surface area contributed by atoms with Crippen LogP contribution in [0.2, 0.25) is 5.02 Å². The molecular weight excluding hydrogens is 469 g/mol. The van der Waals surface area contributed by atoms with Crippen molar-refractivity contribution >= 4 is 28.5 Å². The van der Waals surface area contributed by atoms with Crippen LogP contribution in [-0.2, 0) is 13.0 Å². The fourth-order valence-corrected chi connectivity index (χ4v) is 5.19. The summed E-state index contributed by atoms with van der Waals surface area (Å²) in [6.45, 7) is 0.281. The molecule has 0 radical (unpaired) electrons. The van der Waals surface area contributed by atoms with E-state index in [2.05, 4.69) is 0 Å².